The quantitative estimate of drug-likeness (QED) is 0.693. The average molecular weight is 297 g/mol. The molecule has 0 amide bonds. The van der Waals surface area contributed by atoms with Crippen molar-refractivity contribution in [3.63, 3.8) is 0 Å². The largest absolute Gasteiger partial charge is 0.413 e. The summed E-state index contributed by atoms with van der Waals surface area (Å²) in [6.45, 7) is 18.2. The first-order valence-electron chi connectivity index (χ1n) is 8.08. The van der Waals surface area contributed by atoms with Crippen LogP contribution in [0, 0.1) is 23.2 Å². The molecule has 0 aromatic heterocycles. The highest BCUT2D eigenvalue weighted by Gasteiger charge is 2.56. The number of fused-ring (bicyclic) bond motifs is 3. The Balaban J connectivity index is 2.20. The summed E-state index contributed by atoms with van der Waals surface area (Å²) >= 11 is 0. The van der Waals surface area contributed by atoms with Gasteiger partial charge in [-0.25, -0.2) is 0 Å². The lowest BCUT2D eigenvalue weighted by Crippen LogP contribution is -2.58. The van der Waals surface area contributed by atoms with Gasteiger partial charge >= 0.3 is 0 Å². The number of carbonyl (C=O) groups is 1. The molecule has 2 nitrogen and oxygen atoms in total. The first kappa shape index (κ1) is 16.2. The second-order valence-corrected chi connectivity index (χ2v) is 14.0. The minimum Gasteiger partial charge on any atom is -0.413 e. The smallest absolute Gasteiger partial charge is 0.192 e. The molecular formula is C17H32O2Si. The Hall–Kier alpha value is -0.153. The van der Waals surface area contributed by atoms with Crippen LogP contribution in [-0.4, -0.2) is 20.2 Å². The number of hydrogen-bond acceptors (Lipinski definition) is 2. The van der Waals surface area contributed by atoms with Crippen molar-refractivity contribution in [3.8, 4) is 0 Å². The van der Waals surface area contributed by atoms with Crippen LogP contribution in [0.4, 0.5) is 0 Å². The molecule has 0 aromatic rings. The van der Waals surface area contributed by atoms with Gasteiger partial charge in [0, 0.05) is 11.8 Å². The average Bonchev–Trinajstić information content (AvgIpc) is 2.24. The topological polar surface area (TPSA) is 26.3 Å². The molecule has 2 bridgehead atoms. The summed E-state index contributed by atoms with van der Waals surface area (Å²) in [6, 6.07) is 0. The molecule has 4 atom stereocenters. The lowest BCUT2D eigenvalue weighted by molar-refractivity contribution is -0.154. The molecule has 116 valence electrons. The molecule has 3 aliphatic carbocycles. The summed E-state index contributed by atoms with van der Waals surface area (Å²) in [6.07, 6.45) is 2.27. The van der Waals surface area contributed by atoms with Crippen LogP contribution in [0.3, 0.4) is 0 Å². The van der Waals surface area contributed by atoms with E-state index in [0.29, 0.717) is 17.1 Å². The van der Waals surface area contributed by atoms with Gasteiger partial charge in [-0.1, -0.05) is 41.5 Å². The van der Waals surface area contributed by atoms with Crippen molar-refractivity contribution >= 4 is 14.1 Å². The fourth-order valence-electron chi connectivity index (χ4n) is 3.97. The van der Waals surface area contributed by atoms with E-state index >= 15 is 0 Å². The molecule has 0 heterocycles. The Morgan fingerprint density at radius 2 is 1.80 bits per heavy atom. The molecule has 0 unspecified atom stereocenters. The zero-order chi connectivity index (χ0) is 15.5. The van der Waals surface area contributed by atoms with Crippen LogP contribution in [0.2, 0.25) is 18.1 Å². The molecule has 0 saturated heterocycles. The fourth-order valence-corrected chi connectivity index (χ4v) is 5.34. The van der Waals surface area contributed by atoms with Crippen LogP contribution >= 0.6 is 0 Å². The molecule has 3 rings (SSSR count). The normalized spacial score (nSPS) is 37.3. The second kappa shape index (κ2) is 4.67. The van der Waals surface area contributed by atoms with Crippen LogP contribution in [0.25, 0.3) is 0 Å². The Bertz CT molecular complexity index is 406. The van der Waals surface area contributed by atoms with E-state index in [1.807, 2.05) is 0 Å². The van der Waals surface area contributed by atoms with Crippen LogP contribution in [0.1, 0.15) is 54.4 Å². The summed E-state index contributed by atoms with van der Waals surface area (Å²) in [5, 5.41) is 0.216. The van der Waals surface area contributed by atoms with E-state index in [1.165, 1.54) is 0 Å². The molecule has 0 spiro atoms. The number of carbonyl (C=O) groups excluding carboxylic acids is 1. The Morgan fingerprint density at radius 3 is 2.30 bits per heavy atom. The van der Waals surface area contributed by atoms with Gasteiger partial charge in [-0.15, -0.1) is 0 Å². The van der Waals surface area contributed by atoms with Gasteiger partial charge in [0.05, 0.1) is 6.10 Å². The maximum Gasteiger partial charge on any atom is 0.192 e. The van der Waals surface area contributed by atoms with E-state index < -0.39 is 8.32 Å². The lowest BCUT2D eigenvalue weighted by Gasteiger charge is -2.55. The van der Waals surface area contributed by atoms with E-state index in [1.54, 1.807) is 0 Å². The van der Waals surface area contributed by atoms with Gasteiger partial charge in [-0.2, -0.15) is 0 Å². The minimum atomic E-state index is -1.78. The Kier molecular flexibility index (Phi) is 3.79. The summed E-state index contributed by atoms with van der Waals surface area (Å²) < 4.78 is 6.61. The summed E-state index contributed by atoms with van der Waals surface area (Å²) in [4.78, 5) is 12.6. The van der Waals surface area contributed by atoms with Gasteiger partial charge in [-0.05, 0) is 42.3 Å². The molecule has 0 radical (unpaired) electrons. The van der Waals surface area contributed by atoms with Crippen molar-refractivity contribution in [2.75, 3.05) is 0 Å². The molecule has 0 aliphatic heterocycles. The highest BCUT2D eigenvalue weighted by Crippen LogP contribution is 2.55. The highest BCUT2D eigenvalue weighted by atomic mass is 28.4. The molecule has 20 heavy (non-hydrogen) atoms. The summed E-state index contributed by atoms with van der Waals surface area (Å²) in [5.41, 5.74) is 0.297. The second-order valence-electron chi connectivity index (χ2n) is 9.25. The van der Waals surface area contributed by atoms with Crippen molar-refractivity contribution in [1.82, 2.24) is 0 Å². The van der Waals surface area contributed by atoms with Crippen molar-refractivity contribution in [3.05, 3.63) is 0 Å². The van der Waals surface area contributed by atoms with E-state index in [-0.39, 0.29) is 23.0 Å². The monoisotopic (exact) mass is 296 g/mol. The zero-order valence-electron chi connectivity index (χ0n) is 14.5. The van der Waals surface area contributed by atoms with Gasteiger partial charge in [0.1, 0.15) is 5.78 Å². The van der Waals surface area contributed by atoms with Crippen molar-refractivity contribution in [2.45, 2.75) is 78.6 Å². The van der Waals surface area contributed by atoms with Crippen LogP contribution in [0.5, 0.6) is 0 Å². The predicted octanol–water partition coefficient (Wildman–Crippen LogP) is 4.65. The Labute approximate surface area is 125 Å². The molecule has 0 N–H and O–H groups in total. The molecule has 3 fully saturated rings. The summed E-state index contributed by atoms with van der Waals surface area (Å²) in [7, 11) is -1.78. The highest BCUT2D eigenvalue weighted by molar-refractivity contribution is 6.74. The van der Waals surface area contributed by atoms with Gasteiger partial charge in [0.2, 0.25) is 0 Å². The van der Waals surface area contributed by atoms with E-state index in [2.05, 4.69) is 54.6 Å². The maximum atomic E-state index is 12.6. The number of hydrogen-bond donors (Lipinski definition) is 0. The summed E-state index contributed by atoms with van der Waals surface area (Å²) in [5.74, 6) is 1.32. The molecule has 3 saturated carbocycles. The van der Waals surface area contributed by atoms with Crippen molar-refractivity contribution in [1.29, 1.82) is 0 Å². The SMILES string of the molecule is C[C@@H]1C(=O)[C@H]2CC(C)(C)[C@H]1C[C@H]2O[Si](C)(C)C(C)(C)C. The number of Topliss-reactive ketones (excluding diaryl/α,β-unsaturated/α-hetero) is 1. The third-order valence-corrected chi connectivity index (χ3v) is 10.9. The lowest BCUT2D eigenvalue weighted by atomic mass is 9.52. The van der Waals surface area contributed by atoms with Crippen molar-refractivity contribution < 1.29 is 9.22 Å². The zero-order valence-corrected chi connectivity index (χ0v) is 15.5. The van der Waals surface area contributed by atoms with E-state index in [4.69, 9.17) is 4.43 Å². The van der Waals surface area contributed by atoms with E-state index in [9.17, 15) is 4.79 Å². The van der Waals surface area contributed by atoms with Gasteiger partial charge in [-0.3, -0.25) is 4.79 Å². The van der Waals surface area contributed by atoms with Crippen LogP contribution in [-0.2, 0) is 9.22 Å². The third-order valence-electron chi connectivity index (χ3n) is 6.35. The third kappa shape index (κ3) is 2.52. The first-order valence-corrected chi connectivity index (χ1v) is 11.0. The molecule has 3 aliphatic rings. The first-order chi connectivity index (χ1) is 8.87. The fraction of sp³-hybridized carbons (Fsp3) is 0.941. The predicted molar refractivity (Wildman–Crippen MR) is 86.2 cm³/mol. The molecule has 0 aromatic carbocycles. The molecule has 3 heteroatoms. The van der Waals surface area contributed by atoms with E-state index in [0.717, 1.165) is 12.8 Å². The van der Waals surface area contributed by atoms with Gasteiger partial charge < -0.3 is 4.43 Å². The molecular weight excluding hydrogens is 264 g/mol. The van der Waals surface area contributed by atoms with Crippen LogP contribution < -0.4 is 0 Å². The van der Waals surface area contributed by atoms with Gasteiger partial charge in [0.15, 0.2) is 8.32 Å². The minimum absolute atomic E-state index is 0.138. The number of ketones is 1. The van der Waals surface area contributed by atoms with Crippen molar-refractivity contribution in [2.24, 2.45) is 23.2 Å². The number of rotatable bonds is 2. The van der Waals surface area contributed by atoms with Gasteiger partial charge in [0.25, 0.3) is 0 Å². The standard InChI is InChI=1S/C17H32O2Si/c1-11-13-9-14(19-20(7,8)16(2,3)4)12(15(11)18)10-17(13,5)6/h11-14H,9-10H2,1-8H3/t11-,12-,13-,14+/m0/s1. The maximum absolute atomic E-state index is 12.6. The Morgan fingerprint density at radius 1 is 1.25 bits per heavy atom. The van der Waals surface area contributed by atoms with Crippen LogP contribution in [0.15, 0.2) is 0 Å².